The Kier molecular flexibility index (Phi) is 2.45. The summed E-state index contributed by atoms with van der Waals surface area (Å²) in [5.41, 5.74) is 0. The van der Waals surface area contributed by atoms with Crippen molar-refractivity contribution in [1.82, 2.24) is 4.67 Å². The molecule has 0 aromatic carbocycles. The van der Waals surface area contributed by atoms with E-state index in [2.05, 4.69) is 14.1 Å². The fourth-order valence-corrected chi connectivity index (χ4v) is 1.63. The van der Waals surface area contributed by atoms with Gasteiger partial charge in [0, 0.05) is 13.1 Å². The van der Waals surface area contributed by atoms with E-state index in [1.165, 1.54) is 0 Å². The van der Waals surface area contributed by atoms with Crippen LogP contribution in [0.25, 0.3) is 0 Å². The fourth-order valence-electron chi connectivity index (χ4n) is 1.21. The van der Waals surface area contributed by atoms with Crippen LogP contribution in [-0.4, -0.2) is 29.0 Å². The van der Waals surface area contributed by atoms with Crippen molar-refractivity contribution in [1.29, 1.82) is 0 Å². The van der Waals surface area contributed by atoms with Crippen LogP contribution < -0.4 is 0 Å². The molecular formula is C6H14NOP. The van der Waals surface area contributed by atoms with Crippen LogP contribution in [0.4, 0.5) is 0 Å². The van der Waals surface area contributed by atoms with E-state index < -0.39 is 0 Å². The van der Waals surface area contributed by atoms with E-state index in [0.717, 1.165) is 19.5 Å². The zero-order valence-corrected chi connectivity index (χ0v) is 6.90. The van der Waals surface area contributed by atoms with Crippen molar-refractivity contribution in [2.24, 2.45) is 5.92 Å². The van der Waals surface area contributed by atoms with Crippen molar-refractivity contribution in [3.8, 4) is 0 Å². The first-order valence-electron chi connectivity index (χ1n) is 3.38. The number of aliphatic hydroxyl groups excluding tert-OH is 1. The van der Waals surface area contributed by atoms with Gasteiger partial charge in [-0.2, -0.15) is 0 Å². The summed E-state index contributed by atoms with van der Waals surface area (Å²) in [6, 6.07) is 0. The molecule has 0 radical (unpaired) electrons. The van der Waals surface area contributed by atoms with Gasteiger partial charge in [-0.25, -0.2) is 0 Å². The summed E-state index contributed by atoms with van der Waals surface area (Å²) < 4.78 is 2.18. The Morgan fingerprint density at radius 1 is 1.78 bits per heavy atom. The molecule has 3 atom stereocenters. The highest BCUT2D eigenvalue weighted by Gasteiger charge is 2.22. The monoisotopic (exact) mass is 147 g/mol. The van der Waals surface area contributed by atoms with Gasteiger partial charge in [0.2, 0.25) is 0 Å². The molecule has 0 spiro atoms. The standard InChI is InChI=1S/C6H14NOP/c1-5(8)6-2-3-7(9)4-6/h5-6,8H,2-4,9H2,1H3/t5-,6+/m1/s1. The van der Waals surface area contributed by atoms with Crippen molar-refractivity contribution in [3.63, 3.8) is 0 Å². The Balaban J connectivity index is 2.30. The summed E-state index contributed by atoms with van der Waals surface area (Å²) >= 11 is 0. The first kappa shape index (κ1) is 7.46. The highest BCUT2D eigenvalue weighted by molar-refractivity contribution is 7.13. The molecule has 1 aliphatic rings. The highest BCUT2D eigenvalue weighted by atomic mass is 31.0. The SMILES string of the molecule is C[C@@H](O)[C@H]1CCN(P)C1. The molecule has 1 aliphatic heterocycles. The lowest BCUT2D eigenvalue weighted by atomic mass is 10.0. The van der Waals surface area contributed by atoms with Gasteiger partial charge in [-0.1, -0.05) is 9.39 Å². The third-order valence-electron chi connectivity index (χ3n) is 1.94. The molecule has 3 heteroatoms. The van der Waals surface area contributed by atoms with Crippen LogP contribution in [-0.2, 0) is 0 Å². The van der Waals surface area contributed by atoms with Gasteiger partial charge in [0.25, 0.3) is 0 Å². The lowest BCUT2D eigenvalue weighted by Gasteiger charge is -2.12. The van der Waals surface area contributed by atoms with Gasteiger partial charge in [0.05, 0.1) is 6.10 Å². The molecule has 2 nitrogen and oxygen atoms in total. The molecule has 1 unspecified atom stereocenters. The van der Waals surface area contributed by atoms with Crippen molar-refractivity contribution < 1.29 is 5.11 Å². The summed E-state index contributed by atoms with van der Waals surface area (Å²) in [5, 5.41) is 9.13. The molecule has 0 bridgehead atoms. The smallest absolute Gasteiger partial charge is 0.0553 e. The predicted octanol–water partition coefficient (Wildman–Crippen LogP) is 0.479. The second kappa shape index (κ2) is 2.96. The van der Waals surface area contributed by atoms with Gasteiger partial charge in [-0.05, 0) is 19.3 Å². The molecule has 0 amide bonds. The lowest BCUT2D eigenvalue weighted by Crippen LogP contribution is -2.18. The van der Waals surface area contributed by atoms with E-state index in [1.54, 1.807) is 0 Å². The topological polar surface area (TPSA) is 23.5 Å². The minimum Gasteiger partial charge on any atom is -0.393 e. The number of rotatable bonds is 1. The molecule has 1 N–H and O–H groups in total. The molecule has 0 aromatic rings. The van der Waals surface area contributed by atoms with Crippen LogP contribution in [0.2, 0.25) is 0 Å². The zero-order valence-electron chi connectivity index (χ0n) is 5.75. The summed E-state index contributed by atoms with van der Waals surface area (Å²) in [4.78, 5) is 0. The number of nitrogens with zero attached hydrogens (tertiary/aromatic N) is 1. The third kappa shape index (κ3) is 1.89. The van der Waals surface area contributed by atoms with Crippen LogP contribution in [0.3, 0.4) is 0 Å². The number of aliphatic hydroxyl groups is 1. The molecule has 9 heavy (non-hydrogen) atoms. The molecule has 1 heterocycles. The van der Waals surface area contributed by atoms with Gasteiger partial charge in [-0.15, -0.1) is 0 Å². The Bertz CT molecular complexity index is 97.1. The quantitative estimate of drug-likeness (QED) is 0.545. The molecule has 0 aliphatic carbocycles. The van der Waals surface area contributed by atoms with Gasteiger partial charge < -0.3 is 5.11 Å². The maximum absolute atomic E-state index is 9.13. The fraction of sp³-hybridized carbons (Fsp3) is 1.00. The van der Waals surface area contributed by atoms with Gasteiger partial charge in [0.1, 0.15) is 0 Å². The molecule has 1 saturated heterocycles. The Labute approximate surface area is 58.5 Å². The minimum atomic E-state index is -0.129. The van der Waals surface area contributed by atoms with Crippen molar-refractivity contribution >= 4 is 9.39 Å². The molecule has 54 valence electrons. The average molecular weight is 147 g/mol. The normalized spacial score (nSPS) is 33.0. The third-order valence-corrected chi connectivity index (χ3v) is 2.41. The van der Waals surface area contributed by atoms with Crippen LogP contribution in [0.1, 0.15) is 13.3 Å². The van der Waals surface area contributed by atoms with Crippen LogP contribution in [0.15, 0.2) is 0 Å². The van der Waals surface area contributed by atoms with E-state index in [9.17, 15) is 0 Å². The van der Waals surface area contributed by atoms with E-state index >= 15 is 0 Å². The predicted molar refractivity (Wildman–Crippen MR) is 41.1 cm³/mol. The maximum atomic E-state index is 9.13. The molecule has 1 fully saturated rings. The number of hydrogen-bond donors (Lipinski definition) is 1. The second-order valence-electron chi connectivity index (χ2n) is 2.78. The number of hydrogen-bond acceptors (Lipinski definition) is 2. The minimum absolute atomic E-state index is 0.129. The largest absolute Gasteiger partial charge is 0.393 e. The van der Waals surface area contributed by atoms with Crippen molar-refractivity contribution in [2.75, 3.05) is 13.1 Å². The van der Waals surface area contributed by atoms with Crippen molar-refractivity contribution in [3.05, 3.63) is 0 Å². The summed E-state index contributed by atoms with van der Waals surface area (Å²) in [6.07, 6.45) is 1.01. The van der Waals surface area contributed by atoms with Gasteiger partial charge >= 0.3 is 0 Å². The molecular weight excluding hydrogens is 133 g/mol. The van der Waals surface area contributed by atoms with Crippen LogP contribution >= 0.6 is 9.39 Å². The zero-order chi connectivity index (χ0) is 6.85. The first-order chi connectivity index (χ1) is 4.20. The van der Waals surface area contributed by atoms with Crippen LogP contribution in [0.5, 0.6) is 0 Å². The summed E-state index contributed by atoms with van der Waals surface area (Å²) in [7, 11) is 2.66. The summed E-state index contributed by atoms with van der Waals surface area (Å²) in [5.74, 6) is 0.502. The lowest BCUT2D eigenvalue weighted by molar-refractivity contribution is 0.133. The second-order valence-corrected chi connectivity index (χ2v) is 3.51. The van der Waals surface area contributed by atoms with Gasteiger partial charge in [0.15, 0.2) is 0 Å². The highest BCUT2D eigenvalue weighted by Crippen LogP contribution is 2.21. The molecule has 0 saturated carbocycles. The first-order valence-corrected chi connectivity index (χ1v) is 3.89. The average Bonchev–Trinajstić information content (AvgIpc) is 2.14. The van der Waals surface area contributed by atoms with E-state index in [1.807, 2.05) is 6.92 Å². The van der Waals surface area contributed by atoms with E-state index in [-0.39, 0.29) is 6.10 Å². The van der Waals surface area contributed by atoms with Gasteiger partial charge in [-0.3, -0.25) is 4.67 Å². The Hall–Kier alpha value is 0.350. The van der Waals surface area contributed by atoms with E-state index in [4.69, 9.17) is 5.11 Å². The van der Waals surface area contributed by atoms with Crippen LogP contribution in [0, 0.1) is 5.92 Å². The molecule has 0 aromatic heterocycles. The molecule has 1 rings (SSSR count). The van der Waals surface area contributed by atoms with E-state index in [0.29, 0.717) is 5.92 Å². The van der Waals surface area contributed by atoms with Crippen molar-refractivity contribution in [2.45, 2.75) is 19.4 Å². The Morgan fingerprint density at radius 3 is 2.67 bits per heavy atom. The Morgan fingerprint density at radius 2 is 2.44 bits per heavy atom. The maximum Gasteiger partial charge on any atom is 0.0553 e. The summed E-state index contributed by atoms with van der Waals surface area (Å²) in [6.45, 7) is 4.01.